The zero-order chi connectivity index (χ0) is 24.0. The second-order valence-electron chi connectivity index (χ2n) is 11.5. The van der Waals surface area contributed by atoms with Crippen LogP contribution >= 0.6 is 0 Å². The van der Waals surface area contributed by atoms with E-state index in [-0.39, 0.29) is 23.0 Å². The molecule has 1 aliphatic carbocycles. The average molecular weight is 447 g/mol. The maximum absolute atomic E-state index is 10.0. The van der Waals surface area contributed by atoms with Gasteiger partial charge in [0.15, 0.2) is 0 Å². The van der Waals surface area contributed by atoms with Crippen molar-refractivity contribution in [1.29, 1.82) is 0 Å². The molecule has 0 spiro atoms. The summed E-state index contributed by atoms with van der Waals surface area (Å²) in [7, 11) is 1.97. The van der Waals surface area contributed by atoms with Gasteiger partial charge in [-0.15, -0.1) is 0 Å². The number of aromatic nitrogens is 4. The van der Waals surface area contributed by atoms with Gasteiger partial charge in [-0.2, -0.15) is 10.2 Å². The fourth-order valence-electron chi connectivity index (χ4n) is 4.62. The minimum atomic E-state index is -0.245. The van der Waals surface area contributed by atoms with Crippen LogP contribution in [0.25, 0.3) is 21.8 Å². The number of hydrogen-bond acceptors (Lipinski definition) is 3. The maximum Gasteiger partial charge on any atom is 0.0785 e. The van der Waals surface area contributed by atoms with Gasteiger partial charge < -0.3 is 5.11 Å². The van der Waals surface area contributed by atoms with Crippen molar-refractivity contribution in [1.82, 2.24) is 19.6 Å². The fraction of sp³-hybridized carbons (Fsp3) is 0.500. The lowest BCUT2D eigenvalue weighted by atomic mass is 9.86. The molecule has 2 aromatic carbocycles. The highest BCUT2D eigenvalue weighted by Gasteiger charge is 2.28. The molecule has 0 saturated heterocycles. The summed E-state index contributed by atoms with van der Waals surface area (Å²) in [6.07, 6.45) is 6.61. The molecule has 176 valence electrons. The normalized spacial score (nSPS) is 19.2. The van der Waals surface area contributed by atoms with Crippen LogP contribution < -0.4 is 0 Å². The van der Waals surface area contributed by atoms with Crippen LogP contribution in [0.1, 0.15) is 78.0 Å². The van der Waals surface area contributed by atoms with Crippen LogP contribution in [0.15, 0.2) is 48.8 Å². The molecule has 5 rings (SSSR count). The van der Waals surface area contributed by atoms with E-state index in [9.17, 15) is 5.11 Å². The quantitative estimate of drug-likeness (QED) is 0.374. The topological polar surface area (TPSA) is 55.9 Å². The van der Waals surface area contributed by atoms with Crippen molar-refractivity contribution in [2.24, 2.45) is 7.05 Å². The predicted molar refractivity (Wildman–Crippen MR) is 137 cm³/mol. The van der Waals surface area contributed by atoms with Crippen LogP contribution in [0.5, 0.6) is 0 Å². The van der Waals surface area contributed by atoms with Gasteiger partial charge in [0, 0.05) is 17.8 Å². The Morgan fingerprint density at radius 3 is 1.88 bits per heavy atom. The third kappa shape index (κ3) is 4.84. The molecule has 0 radical (unpaired) electrons. The zero-order valence-corrected chi connectivity index (χ0v) is 21.1. The smallest absolute Gasteiger partial charge is 0.0785 e. The van der Waals surface area contributed by atoms with Gasteiger partial charge >= 0.3 is 0 Å². The van der Waals surface area contributed by atoms with Gasteiger partial charge in [-0.25, -0.2) is 0 Å². The third-order valence-corrected chi connectivity index (χ3v) is 6.83. The number of nitrogens with zero attached hydrogens (tertiary/aromatic N) is 4. The molecule has 4 aromatic rings. The van der Waals surface area contributed by atoms with Crippen molar-refractivity contribution in [3.8, 4) is 0 Å². The largest absolute Gasteiger partial charge is 0.391 e. The van der Waals surface area contributed by atoms with Crippen molar-refractivity contribution in [3.05, 3.63) is 59.9 Å². The van der Waals surface area contributed by atoms with E-state index in [1.807, 2.05) is 28.8 Å². The average Bonchev–Trinajstić information content (AvgIpc) is 3.45. The molecule has 5 nitrogen and oxygen atoms in total. The summed E-state index contributed by atoms with van der Waals surface area (Å²) < 4.78 is 3.92. The Hall–Kier alpha value is -2.66. The van der Waals surface area contributed by atoms with Gasteiger partial charge in [-0.05, 0) is 65.5 Å². The first-order valence-corrected chi connectivity index (χ1v) is 12.0. The van der Waals surface area contributed by atoms with Crippen LogP contribution in [-0.2, 0) is 17.9 Å². The molecule has 2 unspecified atom stereocenters. The monoisotopic (exact) mass is 446 g/mol. The van der Waals surface area contributed by atoms with Gasteiger partial charge in [-0.3, -0.25) is 9.36 Å². The molecule has 1 saturated carbocycles. The zero-order valence-electron chi connectivity index (χ0n) is 21.1. The van der Waals surface area contributed by atoms with E-state index in [1.54, 1.807) is 0 Å². The molecule has 1 N–H and O–H groups in total. The van der Waals surface area contributed by atoms with Crippen LogP contribution in [0, 0.1) is 0 Å². The van der Waals surface area contributed by atoms with Gasteiger partial charge in [0.05, 0.1) is 35.6 Å². The Labute approximate surface area is 197 Å². The minimum absolute atomic E-state index is 0.151. The number of fused-ring (bicyclic) bond motifs is 2. The second kappa shape index (κ2) is 8.60. The lowest BCUT2D eigenvalue weighted by Gasteiger charge is -2.20. The lowest BCUT2D eigenvalue weighted by Crippen LogP contribution is -2.19. The molecule has 2 heterocycles. The summed E-state index contributed by atoms with van der Waals surface area (Å²) in [5.74, 6) is 0. The molecular weight excluding hydrogens is 408 g/mol. The number of benzene rings is 2. The fourth-order valence-corrected chi connectivity index (χ4v) is 4.62. The molecule has 2 atom stereocenters. The van der Waals surface area contributed by atoms with Crippen LogP contribution in [0.4, 0.5) is 0 Å². The Morgan fingerprint density at radius 1 is 0.788 bits per heavy atom. The number of aliphatic hydroxyl groups is 1. The molecule has 1 fully saturated rings. The summed E-state index contributed by atoms with van der Waals surface area (Å²) in [5, 5.41) is 21.2. The van der Waals surface area contributed by atoms with E-state index in [0.717, 1.165) is 24.8 Å². The van der Waals surface area contributed by atoms with Gasteiger partial charge in [-0.1, -0.05) is 53.7 Å². The Balaban J connectivity index is 0.000000165. The summed E-state index contributed by atoms with van der Waals surface area (Å²) in [6, 6.07) is 13.3. The molecule has 33 heavy (non-hydrogen) atoms. The first-order valence-electron chi connectivity index (χ1n) is 12.0. The highest BCUT2D eigenvalue weighted by Crippen LogP contribution is 2.33. The van der Waals surface area contributed by atoms with Crippen molar-refractivity contribution in [2.45, 2.75) is 83.8 Å². The second-order valence-corrected chi connectivity index (χ2v) is 11.5. The van der Waals surface area contributed by atoms with Crippen molar-refractivity contribution >= 4 is 21.8 Å². The lowest BCUT2D eigenvalue weighted by molar-refractivity contribution is 0.132. The molecule has 5 heteroatoms. The van der Waals surface area contributed by atoms with Crippen LogP contribution in [0.3, 0.4) is 0 Å². The van der Waals surface area contributed by atoms with E-state index < -0.39 is 0 Å². The summed E-state index contributed by atoms with van der Waals surface area (Å²) >= 11 is 0. The van der Waals surface area contributed by atoms with Gasteiger partial charge in [0.2, 0.25) is 0 Å². The van der Waals surface area contributed by atoms with Crippen LogP contribution in [-0.4, -0.2) is 30.8 Å². The number of aryl methyl sites for hydroxylation is 1. The first kappa shape index (κ1) is 23.5. The molecule has 0 bridgehead atoms. The van der Waals surface area contributed by atoms with Crippen LogP contribution in [0.2, 0.25) is 0 Å². The predicted octanol–water partition coefficient (Wildman–Crippen LogP) is 6.29. The Bertz CT molecular complexity index is 1250. The molecule has 2 aromatic heterocycles. The van der Waals surface area contributed by atoms with E-state index in [2.05, 4.69) is 88.1 Å². The van der Waals surface area contributed by atoms with Gasteiger partial charge in [0.1, 0.15) is 0 Å². The Morgan fingerprint density at radius 2 is 1.33 bits per heavy atom. The van der Waals surface area contributed by atoms with E-state index >= 15 is 0 Å². The summed E-state index contributed by atoms with van der Waals surface area (Å²) in [4.78, 5) is 0. The Kier molecular flexibility index (Phi) is 6.12. The molecule has 0 aliphatic heterocycles. The number of rotatable bonds is 1. The van der Waals surface area contributed by atoms with E-state index in [4.69, 9.17) is 0 Å². The molecular formula is C28H38N4O. The molecule has 0 amide bonds. The van der Waals surface area contributed by atoms with Gasteiger partial charge in [0.25, 0.3) is 0 Å². The highest BCUT2D eigenvalue weighted by molar-refractivity contribution is 5.80. The van der Waals surface area contributed by atoms with E-state index in [1.165, 1.54) is 27.4 Å². The van der Waals surface area contributed by atoms with Crippen molar-refractivity contribution in [2.75, 3.05) is 0 Å². The summed E-state index contributed by atoms with van der Waals surface area (Å²) in [5.41, 5.74) is 5.38. The van der Waals surface area contributed by atoms with Crippen molar-refractivity contribution < 1.29 is 5.11 Å². The summed E-state index contributed by atoms with van der Waals surface area (Å²) in [6.45, 7) is 13.3. The minimum Gasteiger partial charge on any atom is -0.391 e. The third-order valence-electron chi connectivity index (χ3n) is 6.83. The van der Waals surface area contributed by atoms with E-state index in [0.29, 0.717) is 0 Å². The number of hydrogen-bond donors (Lipinski definition) is 1. The van der Waals surface area contributed by atoms with Crippen molar-refractivity contribution in [3.63, 3.8) is 0 Å². The highest BCUT2D eigenvalue weighted by atomic mass is 16.3. The molecule has 1 aliphatic rings. The maximum atomic E-state index is 10.0. The standard InChI is InChI=1S/C16H22N2O.C12H16N2/c1-16(2,3)12-7-8-13-11(9-12)10-17-18(13)14-5-4-6-15(14)19;1-12(2,3)10-5-6-11-9(7-10)8-13-14(11)4/h7-10,14-15,19H,4-6H2,1-3H3;5-8H,1-4H3. The SMILES string of the molecule is CC(C)(C)c1ccc2c(cnn2C2CCCC2O)c1.Cn1ncc2cc(C(C)(C)C)ccc21. The number of aliphatic hydroxyl groups excluding tert-OH is 1. The first-order chi connectivity index (χ1) is 15.4.